The van der Waals surface area contributed by atoms with Crippen LogP contribution in [0.15, 0.2) is 34.9 Å². The number of rotatable bonds is 24. The molecule has 0 saturated carbocycles. The van der Waals surface area contributed by atoms with E-state index in [1.807, 2.05) is 13.2 Å². The quantitative estimate of drug-likeness (QED) is 0.0638. The number of carbonyl (C=O) groups excluding carboxylic acids is 4. The van der Waals surface area contributed by atoms with Crippen molar-refractivity contribution in [3.8, 4) is 0 Å². The van der Waals surface area contributed by atoms with Crippen molar-refractivity contribution in [1.82, 2.24) is 21.3 Å². The van der Waals surface area contributed by atoms with Crippen LogP contribution in [-0.2, 0) is 24.0 Å². The Balaban J connectivity index is 5.42. The third-order valence-corrected chi connectivity index (χ3v) is 9.53. The van der Waals surface area contributed by atoms with Gasteiger partial charge in [-0.15, -0.1) is 0 Å². The van der Waals surface area contributed by atoms with Crippen molar-refractivity contribution < 1.29 is 29.1 Å². The second kappa shape index (κ2) is 25.3. The van der Waals surface area contributed by atoms with Crippen LogP contribution in [0.2, 0.25) is 0 Å². The minimum absolute atomic E-state index is 0.250. The molecular formula is C36H62N4O6S2. The average Bonchev–Trinajstić information content (AvgIpc) is 3.00. The SMILES string of the molecule is CC[C@H](C)[C@H](NC(=O)[C@H](NC(=O)[C@H](CSC/C=C(\C)CC/C=C(/C)CCC=C(C)C)NC(C)=O)C(C)C)C(=O)N[C@H](CCSC)C(=O)O. The van der Waals surface area contributed by atoms with Crippen LogP contribution in [0.3, 0.4) is 0 Å². The van der Waals surface area contributed by atoms with Gasteiger partial charge in [0.05, 0.1) is 0 Å². The zero-order chi connectivity index (χ0) is 36.8. The molecule has 5 N–H and O–H groups in total. The first-order chi connectivity index (χ1) is 22.5. The molecule has 0 unspecified atom stereocenters. The Labute approximate surface area is 297 Å². The third-order valence-electron chi connectivity index (χ3n) is 7.92. The Bertz CT molecular complexity index is 1130. The molecule has 10 nitrogen and oxygen atoms in total. The summed E-state index contributed by atoms with van der Waals surface area (Å²) in [6, 6.07) is -3.91. The van der Waals surface area contributed by atoms with E-state index in [4.69, 9.17) is 0 Å². The van der Waals surface area contributed by atoms with Gasteiger partial charge in [-0.1, -0.05) is 69.1 Å². The van der Waals surface area contributed by atoms with Crippen LogP contribution in [0.5, 0.6) is 0 Å². The topological polar surface area (TPSA) is 154 Å². The van der Waals surface area contributed by atoms with Gasteiger partial charge in [-0.05, 0) is 83.6 Å². The summed E-state index contributed by atoms with van der Waals surface area (Å²) >= 11 is 2.99. The summed E-state index contributed by atoms with van der Waals surface area (Å²) in [6.45, 7) is 17.1. The number of hydrogen-bond donors (Lipinski definition) is 5. The van der Waals surface area contributed by atoms with Gasteiger partial charge in [0.15, 0.2) is 0 Å². The molecule has 0 aliphatic carbocycles. The highest BCUT2D eigenvalue weighted by Crippen LogP contribution is 2.15. The maximum atomic E-state index is 13.5. The summed E-state index contributed by atoms with van der Waals surface area (Å²) in [5.74, 6) is -2.20. The number of nitrogens with one attached hydrogen (secondary N) is 4. The van der Waals surface area contributed by atoms with Crippen molar-refractivity contribution in [3.05, 3.63) is 34.9 Å². The molecule has 12 heteroatoms. The molecule has 0 heterocycles. The fourth-order valence-corrected chi connectivity index (χ4v) is 6.12. The van der Waals surface area contributed by atoms with Gasteiger partial charge >= 0.3 is 5.97 Å². The maximum absolute atomic E-state index is 13.5. The number of allylic oxidation sites excluding steroid dienone is 5. The van der Waals surface area contributed by atoms with Gasteiger partial charge in [0.2, 0.25) is 23.6 Å². The van der Waals surface area contributed by atoms with Gasteiger partial charge in [-0.2, -0.15) is 23.5 Å². The monoisotopic (exact) mass is 710 g/mol. The summed E-state index contributed by atoms with van der Waals surface area (Å²) in [5, 5.41) is 20.4. The largest absolute Gasteiger partial charge is 0.480 e. The normalized spacial score (nSPS) is 15.1. The molecule has 0 radical (unpaired) electrons. The van der Waals surface area contributed by atoms with E-state index in [1.54, 1.807) is 20.8 Å². The van der Waals surface area contributed by atoms with Crippen LogP contribution in [0.4, 0.5) is 0 Å². The lowest BCUT2D eigenvalue weighted by Crippen LogP contribution is -2.60. The van der Waals surface area contributed by atoms with Gasteiger partial charge < -0.3 is 26.4 Å². The van der Waals surface area contributed by atoms with Gasteiger partial charge in [0.1, 0.15) is 24.2 Å². The Kier molecular flexibility index (Phi) is 23.8. The smallest absolute Gasteiger partial charge is 0.326 e. The molecule has 0 bridgehead atoms. The number of aliphatic carboxylic acids is 1. The van der Waals surface area contributed by atoms with E-state index in [2.05, 4.69) is 67.2 Å². The number of carbonyl (C=O) groups is 5. The standard InChI is InChI=1S/C36H62N4O6S2/c1-11-27(8)32(35(44)38-29(36(45)46)19-20-47-10)40-34(43)31(24(4)5)39-33(42)30(37-28(9)41)22-48-21-18-26(7)17-13-16-25(6)15-12-14-23(2)3/h14,16,18,24,27,29-32H,11-13,15,17,19-22H2,1-10H3,(H,37,41)(H,38,44)(H,39,42)(H,40,43)(H,45,46)/b25-16-,26-18+/t27-,29+,30-,31+,32-/m0/s1. The lowest BCUT2D eigenvalue weighted by Gasteiger charge is -2.29. The van der Waals surface area contributed by atoms with E-state index in [1.165, 1.54) is 47.2 Å². The molecule has 0 rings (SSSR count). The molecule has 4 amide bonds. The summed E-state index contributed by atoms with van der Waals surface area (Å²) in [4.78, 5) is 63.8. The Morgan fingerprint density at radius 2 is 1.29 bits per heavy atom. The van der Waals surface area contributed by atoms with Crippen LogP contribution in [0.25, 0.3) is 0 Å². The van der Waals surface area contributed by atoms with Gasteiger partial charge in [0, 0.05) is 18.4 Å². The molecule has 48 heavy (non-hydrogen) atoms. The number of carboxylic acids is 1. The second-order valence-corrected chi connectivity index (χ2v) is 15.1. The molecule has 0 aliphatic heterocycles. The Morgan fingerprint density at radius 1 is 0.729 bits per heavy atom. The molecule has 5 atom stereocenters. The molecule has 0 fully saturated rings. The number of hydrogen-bond acceptors (Lipinski definition) is 7. The zero-order valence-electron chi connectivity index (χ0n) is 30.9. The molecule has 0 aromatic carbocycles. The van der Waals surface area contributed by atoms with E-state index in [9.17, 15) is 29.1 Å². The number of thioether (sulfide) groups is 2. The summed E-state index contributed by atoms with van der Waals surface area (Å²) in [6.07, 6.45) is 13.4. The minimum Gasteiger partial charge on any atom is -0.480 e. The zero-order valence-corrected chi connectivity index (χ0v) is 32.5. The third kappa shape index (κ3) is 19.9. The van der Waals surface area contributed by atoms with E-state index in [0.29, 0.717) is 23.7 Å². The fourth-order valence-electron chi connectivity index (χ4n) is 4.64. The summed E-state index contributed by atoms with van der Waals surface area (Å²) in [7, 11) is 0. The lowest BCUT2D eigenvalue weighted by molar-refractivity contribution is -0.142. The van der Waals surface area contributed by atoms with Crippen molar-refractivity contribution in [2.24, 2.45) is 11.8 Å². The predicted octanol–water partition coefficient (Wildman–Crippen LogP) is 5.64. The molecule has 274 valence electrons. The van der Waals surface area contributed by atoms with Crippen LogP contribution in [0.1, 0.15) is 101 Å². The van der Waals surface area contributed by atoms with Crippen molar-refractivity contribution in [2.45, 2.75) is 125 Å². The maximum Gasteiger partial charge on any atom is 0.326 e. The van der Waals surface area contributed by atoms with Crippen LogP contribution in [0, 0.1) is 11.8 Å². The molecule has 0 aromatic heterocycles. The number of carboxylic acid groups (broad SMARTS) is 1. The first-order valence-corrected chi connectivity index (χ1v) is 19.5. The Hall–Kier alpha value is -2.73. The van der Waals surface area contributed by atoms with Crippen molar-refractivity contribution in [2.75, 3.05) is 23.5 Å². The first-order valence-electron chi connectivity index (χ1n) is 17.0. The highest BCUT2D eigenvalue weighted by atomic mass is 32.2. The molecule has 0 aromatic rings. The van der Waals surface area contributed by atoms with Gasteiger partial charge in [0.25, 0.3) is 0 Å². The highest BCUT2D eigenvalue weighted by Gasteiger charge is 2.34. The van der Waals surface area contributed by atoms with E-state index < -0.39 is 47.9 Å². The van der Waals surface area contributed by atoms with Gasteiger partial charge in [-0.25, -0.2) is 4.79 Å². The van der Waals surface area contributed by atoms with Crippen molar-refractivity contribution in [1.29, 1.82) is 0 Å². The summed E-state index contributed by atoms with van der Waals surface area (Å²) < 4.78 is 0. The molecule has 0 aliphatic rings. The second-order valence-electron chi connectivity index (χ2n) is 13.0. The predicted molar refractivity (Wildman–Crippen MR) is 201 cm³/mol. The van der Waals surface area contributed by atoms with Crippen LogP contribution >= 0.6 is 23.5 Å². The van der Waals surface area contributed by atoms with Crippen molar-refractivity contribution in [3.63, 3.8) is 0 Å². The highest BCUT2D eigenvalue weighted by molar-refractivity contribution is 7.99. The van der Waals surface area contributed by atoms with Crippen molar-refractivity contribution >= 4 is 53.1 Å². The first kappa shape index (κ1) is 45.3. The lowest BCUT2D eigenvalue weighted by atomic mass is 9.96. The molecular weight excluding hydrogens is 649 g/mol. The molecule has 0 spiro atoms. The number of amides is 4. The minimum atomic E-state index is -1.14. The average molecular weight is 711 g/mol. The van der Waals surface area contributed by atoms with Crippen LogP contribution < -0.4 is 21.3 Å². The van der Waals surface area contributed by atoms with E-state index >= 15 is 0 Å². The fraction of sp³-hybridized carbons (Fsp3) is 0.694. The summed E-state index contributed by atoms with van der Waals surface area (Å²) in [5.41, 5.74) is 3.98. The van der Waals surface area contributed by atoms with Gasteiger partial charge in [-0.3, -0.25) is 19.2 Å². The molecule has 0 saturated heterocycles. The Morgan fingerprint density at radius 3 is 1.81 bits per heavy atom. The van der Waals surface area contributed by atoms with Crippen LogP contribution in [-0.4, -0.2) is 82.4 Å². The van der Waals surface area contributed by atoms with E-state index in [0.717, 1.165) is 25.7 Å². The van der Waals surface area contributed by atoms with E-state index in [-0.39, 0.29) is 24.2 Å².